The number of ether oxygens (including phenoxy) is 1. The minimum Gasteiger partial charge on any atom is -0.497 e. The Morgan fingerprint density at radius 1 is 1.08 bits per heavy atom. The Morgan fingerprint density at radius 2 is 1.77 bits per heavy atom. The monoisotopic (exact) mass is 376 g/mol. The topological polar surface area (TPSA) is 109 Å². The molecule has 3 rings (SSSR count). The molecule has 2 atom stereocenters. The van der Waals surface area contributed by atoms with Crippen LogP contribution in [0.2, 0.25) is 0 Å². The summed E-state index contributed by atoms with van der Waals surface area (Å²) in [4.78, 5) is 12.5. The van der Waals surface area contributed by atoms with Crippen molar-refractivity contribution in [1.29, 1.82) is 0 Å². The first-order valence-corrected chi connectivity index (χ1v) is 9.54. The lowest BCUT2D eigenvalue weighted by atomic mass is 10.1. The van der Waals surface area contributed by atoms with Crippen LogP contribution in [-0.4, -0.2) is 33.4 Å². The molecule has 1 fully saturated rings. The number of benzene rings is 2. The zero-order chi connectivity index (χ0) is 18.6. The largest absolute Gasteiger partial charge is 0.497 e. The summed E-state index contributed by atoms with van der Waals surface area (Å²) in [5.74, 6) is -0.543. The molecule has 4 N–H and O–H groups in total. The van der Waals surface area contributed by atoms with Crippen molar-refractivity contribution in [3.05, 3.63) is 54.6 Å². The fourth-order valence-corrected chi connectivity index (χ4v) is 4.13. The van der Waals surface area contributed by atoms with Crippen LogP contribution in [0, 0.1) is 5.92 Å². The van der Waals surface area contributed by atoms with E-state index in [1.54, 1.807) is 48.5 Å². The molecule has 9 heteroatoms. The second kappa shape index (κ2) is 7.73. The van der Waals surface area contributed by atoms with Crippen molar-refractivity contribution >= 4 is 27.3 Å². The van der Waals surface area contributed by atoms with Crippen LogP contribution in [0.1, 0.15) is 0 Å². The van der Waals surface area contributed by atoms with E-state index in [9.17, 15) is 13.2 Å². The highest BCUT2D eigenvalue weighted by molar-refractivity contribution is 7.93. The van der Waals surface area contributed by atoms with E-state index < -0.39 is 21.3 Å². The molecule has 0 bridgehead atoms. The summed E-state index contributed by atoms with van der Waals surface area (Å²) >= 11 is 0. The lowest BCUT2D eigenvalue weighted by molar-refractivity contribution is -0.119. The Labute approximate surface area is 152 Å². The summed E-state index contributed by atoms with van der Waals surface area (Å²) < 4.78 is 32.9. The van der Waals surface area contributed by atoms with E-state index >= 15 is 0 Å². The standard InChI is InChI=1S/C17H20N4O4S/c1-25-14-9-7-13(8-10-14)21-26(23,24)17-15(11-18-20-17)16(22)19-12-5-3-2-4-6-12/h2-10,15,17-18,20-21H,11H2,1H3,(H,19,22). The van der Waals surface area contributed by atoms with E-state index in [0.29, 0.717) is 17.1 Å². The van der Waals surface area contributed by atoms with E-state index in [1.807, 2.05) is 6.07 Å². The summed E-state index contributed by atoms with van der Waals surface area (Å²) in [6.45, 7) is 0.201. The molecule has 26 heavy (non-hydrogen) atoms. The van der Waals surface area contributed by atoms with Crippen molar-refractivity contribution in [3.8, 4) is 5.75 Å². The SMILES string of the molecule is COc1ccc(NS(=O)(=O)C2NNCC2C(=O)Nc2ccccc2)cc1. The van der Waals surface area contributed by atoms with Gasteiger partial charge in [0.2, 0.25) is 5.91 Å². The van der Waals surface area contributed by atoms with Crippen molar-refractivity contribution in [3.63, 3.8) is 0 Å². The van der Waals surface area contributed by atoms with E-state index in [1.165, 1.54) is 7.11 Å². The van der Waals surface area contributed by atoms with Crippen molar-refractivity contribution in [1.82, 2.24) is 10.9 Å². The first-order valence-electron chi connectivity index (χ1n) is 7.99. The van der Waals surface area contributed by atoms with Gasteiger partial charge in [-0.15, -0.1) is 0 Å². The van der Waals surface area contributed by atoms with Gasteiger partial charge >= 0.3 is 0 Å². The van der Waals surface area contributed by atoms with Gasteiger partial charge in [0.15, 0.2) is 5.37 Å². The number of hydrogen-bond donors (Lipinski definition) is 4. The predicted molar refractivity (Wildman–Crippen MR) is 99.0 cm³/mol. The molecule has 0 aromatic heterocycles. The molecule has 138 valence electrons. The van der Waals surface area contributed by atoms with Gasteiger partial charge < -0.3 is 10.1 Å². The van der Waals surface area contributed by atoms with Gasteiger partial charge in [0.05, 0.1) is 13.0 Å². The first kappa shape index (κ1) is 18.2. The highest BCUT2D eigenvalue weighted by Crippen LogP contribution is 2.21. The Hall–Kier alpha value is -2.62. The molecule has 1 amide bonds. The van der Waals surface area contributed by atoms with Gasteiger partial charge in [0.25, 0.3) is 10.0 Å². The Morgan fingerprint density at radius 3 is 2.42 bits per heavy atom. The third kappa shape index (κ3) is 4.13. The number of amides is 1. The third-order valence-electron chi connectivity index (χ3n) is 3.99. The van der Waals surface area contributed by atoms with Crippen molar-refractivity contribution in [2.75, 3.05) is 23.7 Å². The van der Waals surface area contributed by atoms with Crippen molar-refractivity contribution < 1.29 is 17.9 Å². The average molecular weight is 376 g/mol. The lowest BCUT2D eigenvalue weighted by Crippen LogP contribution is -2.45. The number of methoxy groups -OCH3 is 1. The molecule has 1 heterocycles. The van der Waals surface area contributed by atoms with Gasteiger partial charge in [0, 0.05) is 17.9 Å². The fraction of sp³-hybridized carbons (Fsp3) is 0.235. The summed E-state index contributed by atoms with van der Waals surface area (Å²) in [6, 6.07) is 15.4. The third-order valence-corrected chi connectivity index (χ3v) is 5.63. The van der Waals surface area contributed by atoms with E-state index in [0.717, 1.165) is 0 Å². The van der Waals surface area contributed by atoms with Crippen LogP contribution in [0.15, 0.2) is 54.6 Å². The van der Waals surface area contributed by atoms with Gasteiger partial charge in [-0.05, 0) is 36.4 Å². The van der Waals surface area contributed by atoms with Crippen molar-refractivity contribution in [2.24, 2.45) is 5.92 Å². The van der Waals surface area contributed by atoms with Crippen LogP contribution in [0.4, 0.5) is 11.4 Å². The first-order chi connectivity index (χ1) is 12.5. The fourth-order valence-electron chi connectivity index (χ4n) is 2.64. The zero-order valence-electron chi connectivity index (χ0n) is 14.1. The zero-order valence-corrected chi connectivity index (χ0v) is 14.9. The maximum absolute atomic E-state index is 12.7. The average Bonchev–Trinajstić information content (AvgIpc) is 3.14. The van der Waals surface area contributed by atoms with Crippen LogP contribution in [0.3, 0.4) is 0 Å². The minimum absolute atomic E-state index is 0.201. The number of nitrogens with one attached hydrogen (secondary N) is 4. The highest BCUT2D eigenvalue weighted by Gasteiger charge is 2.41. The maximum atomic E-state index is 12.7. The number of rotatable bonds is 6. The quantitative estimate of drug-likeness (QED) is 0.602. The number of anilines is 2. The van der Waals surface area contributed by atoms with Crippen molar-refractivity contribution in [2.45, 2.75) is 5.37 Å². The summed E-state index contributed by atoms with van der Waals surface area (Å²) in [5.41, 5.74) is 6.42. The molecular weight excluding hydrogens is 356 g/mol. The number of carbonyl (C=O) groups excluding carboxylic acids is 1. The minimum atomic E-state index is -3.84. The molecule has 1 aliphatic heterocycles. The van der Waals surface area contributed by atoms with Crippen LogP contribution >= 0.6 is 0 Å². The summed E-state index contributed by atoms with van der Waals surface area (Å²) in [7, 11) is -2.31. The molecule has 8 nitrogen and oxygen atoms in total. The predicted octanol–water partition coefficient (Wildman–Crippen LogP) is 1.13. The van der Waals surface area contributed by atoms with Gasteiger partial charge in [-0.2, -0.15) is 0 Å². The Kier molecular flexibility index (Phi) is 5.40. The number of hydrogen-bond acceptors (Lipinski definition) is 6. The van der Waals surface area contributed by atoms with Crippen LogP contribution in [0.25, 0.3) is 0 Å². The smallest absolute Gasteiger partial charge is 0.250 e. The van der Waals surface area contributed by atoms with E-state index in [-0.39, 0.29) is 12.5 Å². The molecule has 1 aliphatic rings. The molecule has 1 saturated heterocycles. The molecule has 2 aromatic carbocycles. The van der Waals surface area contributed by atoms with Gasteiger partial charge in [-0.3, -0.25) is 14.9 Å². The number of para-hydroxylation sites is 1. The molecular formula is C17H20N4O4S. The molecule has 0 spiro atoms. The highest BCUT2D eigenvalue weighted by atomic mass is 32.2. The summed E-state index contributed by atoms with van der Waals surface area (Å²) in [6.07, 6.45) is 0. The number of sulfonamides is 1. The maximum Gasteiger partial charge on any atom is 0.250 e. The van der Waals surface area contributed by atoms with Gasteiger partial charge in [-0.25, -0.2) is 13.8 Å². The van der Waals surface area contributed by atoms with E-state index in [4.69, 9.17) is 4.74 Å². The summed E-state index contributed by atoms with van der Waals surface area (Å²) in [5, 5.41) is 1.63. The van der Waals surface area contributed by atoms with Gasteiger partial charge in [0.1, 0.15) is 5.75 Å². The van der Waals surface area contributed by atoms with Gasteiger partial charge in [-0.1, -0.05) is 18.2 Å². The second-order valence-electron chi connectivity index (χ2n) is 5.78. The molecule has 2 unspecified atom stereocenters. The molecule has 0 radical (unpaired) electrons. The molecule has 0 saturated carbocycles. The Bertz CT molecular complexity index is 856. The number of hydrazine groups is 1. The number of carbonyl (C=O) groups is 1. The van der Waals surface area contributed by atoms with Crippen LogP contribution < -0.4 is 25.6 Å². The van der Waals surface area contributed by atoms with E-state index in [2.05, 4.69) is 20.9 Å². The molecule has 2 aromatic rings. The van der Waals surface area contributed by atoms with Crippen LogP contribution in [-0.2, 0) is 14.8 Å². The normalized spacial score (nSPS) is 19.7. The van der Waals surface area contributed by atoms with Crippen LogP contribution in [0.5, 0.6) is 5.75 Å². The second-order valence-corrected chi connectivity index (χ2v) is 7.59. The lowest BCUT2D eigenvalue weighted by Gasteiger charge is -2.19. The molecule has 0 aliphatic carbocycles. The Balaban J connectivity index is 1.72.